The molecule has 0 fully saturated rings. The maximum absolute atomic E-state index is 5.94. The van der Waals surface area contributed by atoms with E-state index in [1.165, 1.54) is 2.88 Å². The van der Waals surface area contributed by atoms with Gasteiger partial charge in [0.2, 0.25) is 0 Å². The molecule has 4 heteroatoms. The molecule has 2 aromatic heterocycles. The van der Waals surface area contributed by atoms with E-state index >= 15 is 0 Å². The average molecular weight is 296 g/mol. The summed E-state index contributed by atoms with van der Waals surface area (Å²) in [5.41, 5.74) is 0.993. The highest BCUT2D eigenvalue weighted by Gasteiger charge is 2.02. The van der Waals surface area contributed by atoms with Gasteiger partial charge in [-0.05, 0) is 34.7 Å². The van der Waals surface area contributed by atoms with Crippen LogP contribution in [-0.4, -0.2) is 4.98 Å². The van der Waals surface area contributed by atoms with E-state index in [2.05, 4.69) is 27.6 Å². The fourth-order valence-electron chi connectivity index (χ4n) is 0.878. The number of hydrogen-bond donors (Lipinski definition) is 0. The number of fused-ring (bicyclic) bond motifs is 1. The molecular formula is C7H3ClINS. The summed E-state index contributed by atoms with van der Waals surface area (Å²) >= 11 is 9.88. The fraction of sp³-hybridized carbons (Fsp3) is 0. The zero-order valence-corrected chi connectivity index (χ0v) is 9.07. The minimum absolute atomic E-state index is 0.794. The van der Waals surface area contributed by atoms with Gasteiger partial charge in [0.05, 0.1) is 18.1 Å². The first-order valence-corrected chi connectivity index (χ1v) is 5.24. The molecule has 0 aliphatic heterocycles. The minimum atomic E-state index is 0.794. The number of rotatable bonds is 0. The number of halogens is 2. The average Bonchev–Trinajstić information content (AvgIpc) is 2.31. The Morgan fingerprint density at radius 2 is 2.36 bits per heavy atom. The lowest BCUT2D eigenvalue weighted by molar-refractivity contribution is 1.43. The van der Waals surface area contributed by atoms with Gasteiger partial charge in [0.15, 0.2) is 0 Å². The smallest absolute Gasteiger partial charge is 0.0835 e. The second kappa shape index (κ2) is 2.88. The summed E-state index contributed by atoms with van der Waals surface area (Å²) in [5, 5.41) is 0.794. The van der Waals surface area contributed by atoms with Crippen molar-refractivity contribution in [2.75, 3.05) is 0 Å². The third-order valence-electron chi connectivity index (χ3n) is 1.33. The maximum Gasteiger partial charge on any atom is 0.0835 e. The Morgan fingerprint density at radius 1 is 1.55 bits per heavy atom. The van der Waals surface area contributed by atoms with Crippen LogP contribution in [0.3, 0.4) is 0 Å². The number of hydrogen-bond acceptors (Lipinski definition) is 2. The zero-order chi connectivity index (χ0) is 7.84. The van der Waals surface area contributed by atoms with E-state index in [9.17, 15) is 0 Å². The Balaban J connectivity index is 2.90. The molecule has 0 aromatic carbocycles. The van der Waals surface area contributed by atoms with Crippen LogP contribution in [0, 0.1) is 2.88 Å². The lowest BCUT2D eigenvalue weighted by Crippen LogP contribution is -1.69. The van der Waals surface area contributed by atoms with Crippen LogP contribution in [0.1, 0.15) is 0 Å². The van der Waals surface area contributed by atoms with E-state index in [0.29, 0.717) is 0 Å². The van der Waals surface area contributed by atoms with Gasteiger partial charge in [-0.15, -0.1) is 11.3 Å². The lowest BCUT2D eigenvalue weighted by atomic mass is 10.4. The summed E-state index contributed by atoms with van der Waals surface area (Å²) < 4.78 is 2.30. The van der Waals surface area contributed by atoms with Crippen LogP contribution in [-0.2, 0) is 0 Å². The number of thiophene rings is 1. The van der Waals surface area contributed by atoms with Gasteiger partial charge < -0.3 is 0 Å². The quantitative estimate of drug-likeness (QED) is 0.677. The molecule has 0 saturated carbocycles. The Bertz CT molecular complexity index is 398. The van der Waals surface area contributed by atoms with E-state index in [0.717, 1.165) is 15.2 Å². The van der Waals surface area contributed by atoms with E-state index in [1.54, 1.807) is 17.5 Å². The first-order valence-electron chi connectivity index (χ1n) is 2.97. The van der Waals surface area contributed by atoms with Crippen molar-refractivity contribution < 1.29 is 0 Å². The second-order valence-electron chi connectivity index (χ2n) is 2.06. The van der Waals surface area contributed by atoms with Crippen molar-refractivity contribution in [1.82, 2.24) is 4.98 Å². The minimum Gasteiger partial charge on any atom is -0.255 e. The van der Waals surface area contributed by atoms with Crippen LogP contribution in [0.15, 0.2) is 18.3 Å². The molecule has 0 amide bonds. The monoisotopic (exact) mass is 295 g/mol. The van der Waals surface area contributed by atoms with Crippen LogP contribution in [0.5, 0.6) is 0 Å². The lowest BCUT2D eigenvalue weighted by Gasteiger charge is -1.88. The van der Waals surface area contributed by atoms with Gasteiger partial charge in [0, 0.05) is 6.20 Å². The van der Waals surface area contributed by atoms with E-state index in [-0.39, 0.29) is 0 Å². The summed E-state index contributed by atoms with van der Waals surface area (Å²) in [4.78, 5) is 4.18. The van der Waals surface area contributed by atoms with Crippen LogP contribution >= 0.6 is 45.5 Å². The molecule has 0 aliphatic rings. The highest BCUT2D eigenvalue weighted by atomic mass is 127. The Hall–Kier alpha value is 0.130. The molecule has 2 rings (SSSR count). The van der Waals surface area contributed by atoms with Gasteiger partial charge in [0.25, 0.3) is 0 Å². The first-order chi connectivity index (χ1) is 5.27. The molecule has 2 heterocycles. The molecular weight excluding hydrogens is 293 g/mol. The van der Waals surface area contributed by atoms with Crippen LogP contribution < -0.4 is 0 Å². The van der Waals surface area contributed by atoms with Crippen LogP contribution in [0.4, 0.5) is 0 Å². The molecule has 0 spiro atoms. The molecule has 0 atom stereocenters. The first kappa shape index (κ1) is 7.76. The van der Waals surface area contributed by atoms with Crippen molar-refractivity contribution in [3.05, 3.63) is 26.2 Å². The molecule has 11 heavy (non-hydrogen) atoms. The van der Waals surface area contributed by atoms with Crippen LogP contribution in [0.25, 0.3) is 10.2 Å². The third-order valence-corrected chi connectivity index (χ3v) is 3.68. The van der Waals surface area contributed by atoms with Gasteiger partial charge in [-0.3, -0.25) is 4.98 Å². The number of nitrogens with zero attached hydrogens (tertiary/aromatic N) is 1. The van der Waals surface area contributed by atoms with E-state index in [4.69, 9.17) is 11.6 Å². The van der Waals surface area contributed by atoms with Crippen molar-refractivity contribution in [2.24, 2.45) is 0 Å². The third kappa shape index (κ3) is 1.37. The predicted molar refractivity (Wildman–Crippen MR) is 57.3 cm³/mol. The van der Waals surface area contributed by atoms with Crippen molar-refractivity contribution in [3.63, 3.8) is 0 Å². The van der Waals surface area contributed by atoms with Crippen molar-refractivity contribution in [2.45, 2.75) is 0 Å². The molecule has 0 aliphatic carbocycles. The maximum atomic E-state index is 5.94. The second-order valence-corrected chi connectivity index (χ2v) is 5.41. The van der Waals surface area contributed by atoms with E-state index in [1.807, 2.05) is 12.1 Å². The van der Waals surface area contributed by atoms with E-state index < -0.39 is 0 Å². The Labute approximate surface area is 86.5 Å². The van der Waals surface area contributed by atoms with Crippen molar-refractivity contribution in [1.29, 1.82) is 0 Å². The van der Waals surface area contributed by atoms with Crippen molar-refractivity contribution in [3.8, 4) is 0 Å². The largest absolute Gasteiger partial charge is 0.255 e. The molecule has 0 radical (unpaired) electrons. The standard InChI is InChI=1S/C7H3ClINS/c8-4-1-2-10-5-3-6(9)11-7(4)5/h1-3H. The highest BCUT2D eigenvalue weighted by molar-refractivity contribution is 14.1. The molecule has 0 saturated heterocycles. The fourth-order valence-corrected chi connectivity index (χ4v) is 2.85. The molecule has 2 aromatic rings. The number of aromatic nitrogens is 1. The van der Waals surface area contributed by atoms with Gasteiger partial charge in [-0.1, -0.05) is 11.6 Å². The SMILES string of the molecule is Clc1ccnc2cc(I)sc12. The molecule has 0 N–H and O–H groups in total. The Kier molecular flexibility index (Phi) is 2.03. The highest BCUT2D eigenvalue weighted by Crippen LogP contribution is 2.30. The summed E-state index contributed by atoms with van der Waals surface area (Å²) in [6.07, 6.45) is 1.73. The predicted octanol–water partition coefficient (Wildman–Crippen LogP) is 3.55. The zero-order valence-electron chi connectivity index (χ0n) is 5.34. The van der Waals surface area contributed by atoms with Crippen LogP contribution in [0.2, 0.25) is 5.02 Å². The normalized spacial score (nSPS) is 10.7. The molecule has 0 unspecified atom stereocenters. The molecule has 56 valence electrons. The summed E-state index contributed by atoms with van der Waals surface area (Å²) in [6.45, 7) is 0. The number of pyridine rings is 1. The van der Waals surface area contributed by atoms with Crippen molar-refractivity contribution >= 4 is 55.7 Å². The molecule has 1 nitrogen and oxygen atoms in total. The summed E-state index contributed by atoms with van der Waals surface area (Å²) in [6, 6.07) is 3.85. The topological polar surface area (TPSA) is 12.9 Å². The van der Waals surface area contributed by atoms with Gasteiger partial charge in [-0.2, -0.15) is 0 Å². The summed E-state index contributed by atoms with van der Waals surface area (Å²) in [5.74, 6) is 0. The molecule has 0 bridgehead atoms. The van der Waals surface area contributed by atoms with Gasteiger partial charge in [-0.25, -0.2) is 0 Å². The Morgan fingerprint density at radius 3 is 3.09 bits per heavy atom. The summed E-state index contributed by atoms with van der Waals surface area (Å²) in [7, 11) is 0. The van der Waals surface area contributed by atoms with Gasteiger partial charge in [0.1, 0.15) is 0 Å². The van der Waals surface area contributed by atoms with Gasteiger partial charge >= 0.3 is 0 Å².